The molecule has 1 heterocycles. The topological polar surface area (TPSA) is 30.0 Å². The quantitative estimate of drug-likeness (QED) is 0.837. The van der Waals surface area contributed by atoms with Crippen LogP contribution in [0.3, 0.4) is 0 Å². The number of nitrogens with zero attached hydrogens (tertiary/aromatic N) is 1. The number of hydrogen-bond acceptors (Lipinski definition) is 2. The summed E-state index contributed by atoms with van der Waals surface area (Å²) in [6, 6.07) is 12.1. The Morgan fingerprint density at radius 3 is 2.79 bits per heavy atom. The fraction of sp³-hybridized carbons (Fsp3) is 0.250. The lowest BCUT2D eigenvalue weighted by Gasteiger charge is -2.03. The van der Waals surface area contributed by atoms with E-state index in [1.807, 2.05) is 18.2 Å². The Labute approximate surface area is 122 Å². The van der Waals surface area contributed by atoms with Crippen molar-refractivity contribution in [1.82, 2.24) is 4.98 Å². The van der Waals surface area contributed by atoms with Crippen LogP contribution in [0.4, 0.5) is 0 Å². The fourth-order valence-electron chi connectivity index (χ4n) is 1.95. The van der Waals surface area contributed by atoms with Crippen molar-refractivity contribution < 1.29 is 4.79 Å². The Balaban J connectivity index is 1.86. The van der Waals surface area contributed by atoms with E-state index in [2.05, 4.69) is 46.0 Å². The van der Waals surface area contributed by atoms with Gasteiger partial charge in [0.05, 0.1) is 0 Å². The molecule has 0 saturated carbocycles. The van der Waals surface area contributed by atoms with Crippen LogP contribution < -0.4 is 0 Å². The first kappa shape index (κ1) is 13.9. The van der Waals surface area contributed by atoms with Crippen molar-refractivity contribution in [3.63, 3.8) is 0 Å². The number of ketones is 1. The minimum absolute atomic E-state index is 0.233. The number of pyridine rings is 1. The molecule has 1 aromatic carbocycles. The highest BCUT2D eigenvalue weighted by Gasteiger charge is 2.05. The lowest BCUT2D eigenvalue weighted by atomic mass is 10.0. The van der Waals surface area contributed by atoms with Crippen molar-refractivity contribution in [2.75, 3.05) is 0 Å². The zero-order chi connectivity index (χ0) is 13.7. The maximum Gasteiger partial charge on any atom is 0.139 e. The van der Waals surface area contributed by atoms with Crippen LogP contribution in [0.25, 0.3) is 0 Å². The van der Waals surface area contributed by atoms with Gasteiger partial charge in [0, 0.05) is 29.2 Å². The number of aromatic nitrogens is 1. The molecule has 0 atom stereocenters. The van der Waals surface area contributed by atoms with Crippen LogP contribution in [0.5, 0.6) is 0 Å². The maximum atomic E-state index is 11.9. The van der Waals surface area contributed by atoms with Crippen molar-refractivity contribution >= 4 is 21.7 Å². The Kier molecular flexibility index (Phi) is 4.86. The lowest BCUT2D eigenvalue weighted by molar-refractivity contribution is -0.118. The summed E-state index contributed by atoms with van der Waals surface area (Å²) in [4.78, 5) is 16.1. The van der Waals surface area contributed by atoms with Gasteiger partial charge in [-0.05, 0) is 47.0 Å². The fourth-order valence-corrected chi connectivity index (χ4v) is 2.19. The predicted molar refractivity (Wildman–Crippen MR) is 80.1 cm³/mol. The monoisotopic (exact) mass is 317 g/mol. The molecule has 3 heteroatoms. The second-order valence-electron chi connectivity index (χ2n) is 4.67. The zero-order valence-corrected chi connectivity index (χ0v) is 12.5. The number of halogens is 1. The van der Waals surface area contributed by atoms with Crippen LogP contribution in [0.1, 0.15) is 23.2 Å². The van der Waals surface area contributed by atoms with Crippen molar-refractivity contribution in [2.24, 2.45) is 0 Å². The van der Waals surface area contributed by atoms with E-state index in [4.69, 9.17) is 0 Å². The summed E-state index contributed by atoms with van der Waals surface area (Å²) in [5.74, 6) is 0.233. The molecule has 19 heavy (non-hydrogen) atoms. The lowest BCUT2D eigenvalue weighted by Crippen LogP contribution is -2.05. The Morgan fingerprint density at radius 2 is 2.11 bits per heavy atom. The second kappa shape index (κ2) is 6.62. The first-order chi connectivity index (χ1) is 9.13. The molecule has 0 saturated heterocycles. The summed E-state index contributed by atoms with van der Waals surface area (Å²) < 4.78 is 0.934. The van der Waals surface area contributed by atoms with Crippen molar-refractivity contribution in [3.8, 4) is 0 Å². The molecule has 0 fully saturated rings. The van der Waals surface area contributed by atoms with E-state index in [1.54, 1.807) is 6.20 Å². The van der Waals surface area contributed by atoms with Gasteiger partial charge in [0.1, 0.15) is 5.78 Å². The molecule has 1 aromatic heterocycles. The molecule has 2 rings (SSSR count). The number of benzene rings is 1. The molecular formula is C16H16BrNO. The standard InChI is InChI=1S/C16H16BrNO/c1-12-3-2-4-13(9-12)5-8-16(19)10-15-7-6-14(17)11-18-15/h2-4,6-7,9,11H,5,8,10H2,1H3. The first-order valence-electron chi connectivity index (χ1n) is 6.31. The summed E-state index contributed by atoms with van der Waals surface area (Å²) in [6.45, 7) is 2.07. The molecule has 0 amide bonds. The van der Waals surface area contributed by atoms with Crippen molar-refractivity contribution in [1.29, 1.82) is 0 Å². The van der Waals surface area contributed by atoms with Gasteiger partial charge in [0.15, 0.2) is 0 Å². The molecule has 98 valence electrons. The third-order valence-electron chi connectivity index (χ3n) is 2.94. The summed E-state index contributed by atoms with van der Waals surface area (Å²) in [5, 5.41) is 0. The molecule has 0 N–H and O–H groups in total. The Morgan fingerprint density at radius 1 is 1.26 bits per heavy atom. The van der Waals surface area contributed by atoms with Crippen molar-refractivity contribution in [2.45, 2.75) is 26.2 Å². The minimum Gasteiger partial charge on any atom is -0.299 e. The van der Waals surface area contributed by atoms with Crippen LogP contribution in [0.2, 0.25) is 0 Å². The van der Waals surface area contributed by atoms with Crippen LogP contribution in [-0.2, 0) is 17.6 Å². The van der Waals surface area contributed by atoms with Crippen molar-refractivity contribution in [3.05, 3.63) is 63.9 Å². The number of rotatable bonds is 5. The van der Waals surface area contributed by atoms with E-state index in [1.165, 1.54) is 11.1 Å². The van der Waals surface area contributed by atoms with Gasteiger partial charge in [0.25, 0.3) is 0 Å². The number of carbonyl (C=O) groups excluding carboxylic acids is 1. The summed E-state index contributed by atoms with van der Waals surface area (Å²) in [5.41, 5.74) is 3.29. The number of aryl methyl sites for hydroxylation is 2. The van der Waals surface area contributed by atoms with Crippen LogP contribution in [0.15, 0.2) is 47.1 Å². The largest absolute Gasteiger partial charge is 0.299 e. The van der Waals surface area contributed by atoms with Gasteiger partial charge in [-0.1, -0.05) is 29.8 Å². The summed E-state index contributed by atoms with van der Waals surface area (Å²) in [6.07, 6.45) is 3.51. The van der Waals surface area contributed by atoms with Gasteiger partial charge in [-0.15, -0.1) is 0 Å². The van der Waals surface area contributed by atoms with Crippen LogP contribution in [-0.4, -0.2) is 10.8 Å². The van der Waals surface area contributed by atoms with Crippen LogP contribution in [0, 0.1) is 6.92 Å². The summed E-state index contributed by atoms with van der Waals surface area (Å²) >= 11 is 3.33. The zero-order valence-electron chi connectivity index (χ0n) is 10.9. The van der Waals surface area contributed by atoms with Gasteiger partial charge < -0.3 is 0 Å². The molecule has 2 aromatic rings. The second-order valence-corrected chi connectivity index (χ2v) is 5.59. The molecule has 0 unspecified atom stereocenters. The van der Waals surface area contributed by atoms with Crippen LogP contribution >= 0.6 is 15.9 Å². The molecule has 0 aliphatic rings. The molecule has 0 radical (unpaired) electrons. The van der Waals surface area contributed by atoms with E-state index in [9.17, 15) is 4.79 Å². The number of hydrogen-bond donors (Lipinski definition) is 0. The average Bonchev–Trinajstić information content (AvgIpc) is 2.39. The highest BCUT2D eigenvalue weighted by atomic mass is 79.9. The van der Waals surface area contributed by atoms with E-state index in [0.717, 1.165) is 16.6 Å². The number of Topliss-reactive ketones (excluding diaryl/α,β-unsaturated/α-hetero) is 1. The minimum atomic E-state index is 0.233. The third kappa shape index (κ3) is 4.60. The van der Waals surface area contributed by atoms with E-state index in [0.29, 0.717) is 12.8 Å². The van der Waals surface area contributed by atoms with E-state index >= 15 is 0 Å². The average molecular weight is 318 g/mol. The Bertz CT molecular complexity index is 563. The van der Waals surface area contributed by atoms with Gasteiger partial charge >= 0.3 is 0 Å². The Hall–Kier alpha value is -1.48. The highest BCUT2D eigenvalue weighted by molar-refractivity contribution is 9.10. The first-order valence-corrected chi connectivity index (χ1v) is 7.10. The molecule has 0 bridgehead atoms. The summed E-state index contributed by atoms with van der Waals surface area (Å²) in [7, 11) is 0. The SMILES string of the molecule is Cc1cccc(CCC(=O)Cc2ccc(Br)cn2)c1. The molecular weight excluding hydrogens is 302 g/mol. The van der Waals surface area contributed by atoms with Gasteiger partial charge in [0.2, 0.25) is 0 Å². The molecule has 0 spiro atoms. The smallest absolute Gasteiger partial charge is 0.139 e. The molecule has 2 nitrogen and oxygen atoms in total. The normalized spacial score (nSPS) is 10.4. The molecule has 0 aliphatic carbocycles. The predicted octanol–water partition coefficient (Wildman–Crippen LogP) is 3.90. The third-order valence-corrected chi connectivity index (χ3v) is 3.41. The van der Waals surface area contributed by atoms with Gasteiger partial charge in [-0.25, -0.2) is 0 Å². The van der Waals surface area contributed by atoms with Gasteiger partial charge in [-0.2, -0.15) is 0 Å². The van der Waals surface area contributed by atoms with Gasteiger partial charge in [-0.3, -0.25) is 9.78 Å². The van der Waals surface area contributed by atoms with E-state index in [-0.39, 0.29) is 5.78 Å². The molecule has 0 aliphatic heterocycles. The maximum absolute atomic E-state index is 11.9. The van der Waals surface area contributed by atoms with E-state index < -0.39 is 0 Å². The highest BCUT2D eigenvalue weighted by Crippen LogP contribution is 2.10. The number of carbonyl (C=O) groups is 1.